The first-order chi connectivity index (χ1) is 2.41. The van der Waals surface area contributed by atoms with Gasteiger partial charge in [-0.2, -0.15) is 0 Å². The van der Waals surface area contributed by atoms with Crippen molar-refractivity contribution in [1.82, 2.24) is 5.32 Å². The van der Waals surface area contributed by atoms with Crippen LogP contribution in [0.25, 0.3) is 0 Å². The molecular formula is C3H8NSe. The molecule has 0 fully saturated rings. The Hall–Kier alpha value is 0.479. The van der Waals surface area contributed by atoms with Crippen LogP contribution in [0, 0.1) is 0 Å². The number of hydrogen-bond donors (Lipinski definition) is 1. The van der Waals surface area contributed by atoms with Gasteiger partial charge in [0, 0.05) is 0 Å². The van der Waals surface area contributed by atoms with Gasteiger partial charge in [-0.1, -0.05) is 0 Å². The van der Waals surface area contributed by atoms with E-state index in [9.17, 15) is 0 Å². The molecule has 0 aliphatic carbocycles. The molecule has 0 unspecified atom stereocenters. The Morgan fingerprint density at radius 1 is 1.80 bits per heavy atom. The van der Waals surface area contributed by atoms with Crippen LogP contribution in [0.5, 0.6) is 0 Å². The molecule has 0 aliphatic heterocycles. The second kappa shape index (κ2) is 4.48. The summed E-state index contributed by atoms with van der Waals surface area (Å²) in [4.78, 5) is 0. The first kappa shape index (κ1) is 5.48. The summed E-state index contributed by atoms with van der Waals surface area (Å²) < 4.78 is 0. The van der Waals surface area contributed by atoms with Gasteiger partial charge in [0.1, 0.15) is 0 Å². The van der Waals surface area contributed by atoms with Crippen LogP contribution in [-0.4, -0.2) is 28.0 Å². The molecule has 1 nitrogen and oxygen atoms in total. The molecule has 0 spiro atoms. The third kappa shape index (κ3) is 4.48. The molecule has 31 valence electrons. The predicted molar refractivity (Wildman–Crippen MR) is 24.3 cm³/mol. The second-order valence-electron chi connectivity index (χ2n) is 0.748. The van der Waals surface area contributed by atoms with E-state index in [1.807, 2.05) is 0 Å². The van der Waals surface area contributed by atoms with Crippen LogP contribution >= 0.6 is 0 Å². The molecule has 0 saturated carbocycles. The first-order valence-electron chi connectivity index (χ1n) is 1.70. The van der Waals surface area contributed by atoms with Crippen molar-refractivity contribution < 1.29 is 0 Å². The van der Waals surface area contributed by atoms with Crippen LogP contribution in [0.3, 0.4) is 0 Å². The summed E-state index contributed by atoms with van der Waals surface area (Å²) >= 11 is 2.83. The molecule has 0 aliphatic rings. The second-order valence-corrected chi connectivity index (χ2v) is 1.35. The summed E-state index contributed by atoms with van der Waals surface area (Å²) in [5, 5.41) is 3.06. The van der Waals surface area contributed by atoms with Gasteiger partial charge in [0.05, 0.1) is 0 Å². The molecule has 0 rings (SSSR count). The molecule has 0 aromatic heterocycles. The SMILES string of the molecule is CCNC[Se]. The monoisotopic (exact) mass is 138 g/mol. The fourth-order valence-corrected chi connectivity index (χ4v) is 0.530. The molecule has 1 N–H and O–H groups in total. The van der Waals surface area contributed by atoms with Gasteiger partial charge in [-0.05, 0) is 0 Å². The quantitative estimate of drug-likeness (QED) is 0.516. The maximum atomic E-state index is 3.06. The minimum absolute atomic E-state index is 0.969. The molecule has 0 aromatic carbocycles. The van der Waals surface area contributed by atoms with Gasteiger partial charge in [0.25, 0.3) is 0 Å². The van der Waals surface area contributed by atoms with E-state index in [0.29, 0.717) is 0 Å². The normalized spacial score (nSPS) is 8.40. The van der Waals surface area contributed by atoms with Gasteiger partial charge < -0.3 is 0 Å². The average Bonchev–Trinajstić information content (AvgIpc) is 1.41. The Kier molecular flexibility index (Phi) is 4.91. The van der Waals surface area contributed by atoms with E-state index in [4.69, 9.17) is 0 Å². The van der Waals surface area contributed by atoms with Gasteiger partial charge in [-0.3, -0.25) is 0 Å². The van der Waals surface area contributed by atoms with E-state index >= 15 is 0 Å². The summed E-state index contributed by atoms with van der Waals surface area (Å²) in [7, 11) is 0. The van der Waals surface area contributed by atoms with E-state index in [1.165, 1.54) is 0 Å². The van der Waals surface area contributed by atoms with E-state index in [-0.39, 0.29) is 0 Å². The van der Waals surface area contributed by atoms with E-state index in [0.717, 1.165) is 12.0 Å². The van der Waals surface area contributed by atoms with E-state index < -0.39 is 0 Å². The van der Waals surface area contributed by atoms with E-state index in [1.54, 1.807) is 0 Å². The molecule has 2 heteroatoms. The van der Waals surface area contributed by atoms with Gasteiger partial charge in [-0.25, -0.2) is 0 Å². The summed E-state index contributed by atoms with van der Waals surface area (Å²) in [6.07, 6.45) is 0. The molecule has 1 radical (unpaired) electrons. The van der Waals surface area contributed by atoms with Crippen molar-refractivity contribution in [1.29, 1.82) is 0 Å². The summed E-state index contributed by atoms with van der Waals surface area (Å²) in [6, 6.07) is 0. The molecule has 0 heterocycles. The molecule has 0 aromatic rings. The van der Waals surface area contributed by atoms with Gasteiger partial charge in [-0.15, -0.1) is 0 Å². The van der Waals surface area contributed by atoms with Crippen LogP contribution in [0.15, 0.2) is 0 Å². The Morgan fingerprint density at radius 3 is 2.40 bits per heavy atom. The zero-order chi connectivity index (χ0) is 4.12. The minimum atomic E-state index is 0.969. The molecule has 0 amide bonds. The summed E-state index contributed by atoms with van der Waals surface area (Å²) in [6.45, 7) is 3.14. The number of nitrogens with one attached hydrogen (secondary N) is 1. The number of rotatable bonds is 2. The van der Waals surface area contributed by atoms with E-state index in [2.05, 4.69) is 28.3 Å². The maximum absolute atomic E-state index is 3.06. The van der Waals surface area contributed by atoms with Gasteiger partial charge >= 0.3 is 40.2 Å². The first-order valence-corrected chi connectivity index (χ1v) is 2.91. The summed E-state index contributed by atoms with van der Waals surface area (Å²) in [5.41, 5.74) is 0.969. The van der Waals surface area contributed by atoms with Crippen LogP contribution in [0.2, 0.25) is 0 Å². The Bertz CT molecular complexity index is 14.4. The third-order valence-corrected chi connectivity index (χ3v) is 0.780. The average molecular weight is 137 g/mol. The van der Waals surface area contributed by atoms with Gasteiger partial charge in [0.2, 0.25) is 0 Å². The number of hydrogen-bond acceptors (Lipinski definition) is 1. The molecule has 0 bridgehead atoms. The van der Waals surface area contributed by atoms with Crippen molar-refractivity contribution in [3.8, 4) is 0 Å². The van der Waals surface area contributed by atoms with Crippen molar-refractivity contribution in [2.24, 2.45) is 0 Å². The fraction of sp³-hybridized carbons (Fsp3) is 1.00. The van der Waals surface area contributed by atoms with Crippen molar-refractivity contribution in [3.63, 3.8) is 0 Å². The third-order valence-electron chi connectivity index (χ3n) is 0.352. The standard InChI is InChI=1S/C3H8NSe/c1-2-4-3-5/h4H,2-3H2,1H3. The van der Waals surface area contributed by atoms with Crippen molar-refractivity contribution in [2.75, 3.05) is 12.0 Å². The molecule has 0 saturated heterocycles. The molecule has 0 atom stereocenters. The fourth-order valence-electron chi connectivity index (χ4n) is 0.102. The molecular weight excluding hydrogens is 129 g/mol. The van der Waals surface area contributed by atoms with Crippen LogP contribution in [0.1, 0.15) is 6.92 Å². The summed E-state index contributed by atoms with van der Waals surface area (Å²) in [5.74, 6) is 0. The zero-order valence-corrected chi connectivity index (χ0v) is 5.04. The van der Waals surface area contributed by atoms with Crippen molar-refractivity contribution in [2.45, 2.75) is 6.92 Å². The zero-order valence-electron chi connectivity index (χ0n) is 3.32. The van der Waals surface area contributed by atoms with Crippen LogP contribution in [0.4, 0.5) is 0 Å². The van der Waals surface area contributed by atoms with Crippen LogP contribution < -0.4 is 5.32 Å². The Morgan fingerprint density at radius 2 is 2.40 bits per heavy atom. The Labute approximate surface area is 41.0 Å². The van der Waals surface area contributed by atoms with Gasteiger partial charge in [0.15, 0.2) is 0 Å². The Balaban J connectivity index is 2.19. The molecule has 5 heavy (non-hydrogen) atoms. The van der Waals surface area contributed by atoms with Crippen molar-refractivity contribution >= 4 is 16.0 Å². The topological polar surface area (TPSA) is 12.0 Å². The predicted octanol–water partition coefficient (Wildman–Crippen LogP) is -0.278. The van der Waals surface area contributed by atoms with Crippen molar-refractivity contribution in [3.05, 3.63) is 0 Å². The van der Waals surface area contributed by atoms with Crippen LogP contribution in [-0.2, 0) is 0 Å².